The predicted molar refractivity (Wildman–Crippen MR) is 82.2 cm³/mol. The third-order valence-electron chi connectivity index (χ3n) is 2.91. The van der Waals surface area contributed by atoms with Gasteiger partial charge in [-0.25, -0.2) is 0 Å². The molecule has 0 saturated carbocycles. The average molecular weight is 308 g/mol. The molecule has 2 aromatic rings. The third kappa shape index (κ3) is 2.24. The van der Waals surface area contributed by atoms with Crippen LogP contribution in [0, 0.1) is 0 Å². The summed E-state index contributed by atoms with van der Waals surface area (Å²) in [6.45, 7) is 0. The Morgan fingerprint density at radius 2 is 1.89 bits per heavy atom. The van der Waals surface area contributed by atoms with Crippen molar-refractivity contribution in [2.24, 2.45) is 0 Å². The van der Waals surface area contributed by atoms with Gasteiger partial charge in [0.15, 0.2) is 0 Å². The topological polar surface area (TPSA) is 20.3 Å². The normalized spacial score (nSPS) is 12.8. The van der Waals surface area contributed by atoms with Crippen molar-refractivity contribution in [1.29, 1.82) is 0 Å². The van der Waals surface area contributed by atoms with Crippen molar-refractivity contribution in [2.75, 3.05) is 11.2 Å². The fourth-order valence-electron chi connectivity index (χ4n) is 2.05. The van der Waals surface area contributed by atoms with Gasteiger partial charge in [0.05, 0.1) is 11.4 Å². The summed E-state index contributed by atoms with van der Waals surface area (Å²) in [5.41, 5.74) is 1.69. The summed E-state index contributed by atoms with van der Waals surface area (Å²) in [6, 6.07) is 13.8. The molecule has 0 aliphatic carbocycles. The van der Waals surface area contributed by atoms with Crippen molar-refractivity contribution in [3.8, 4) is 0 Å². The van der Waals surface area contributed by atoms with Gasteiger partial charge in [0.2, 0.25) is 0 Å². The number of carbonyl (C=O) groups excluding carboxylic acids is 1. The Labute approximate surface area is 125 Å². The lowest BCUT2D eigenvalue weighted by Crippen LogP contribution is -2.22. The van der Waals surface area contributed by atoms with Gasteiger partial charge in [0.25, 0.3) is 0 Å². The van der Waals surface area contributed by atoms with Crippen molar-refractivity contribution < 1.29 is 4.79 Å². The van der Waals surface area contributed by atoms with E-state index in [2.05, 4.69) is 6.07 Å². The van der Waals surface area contributed by atoms with Crippen LogP contribution in [0.15, 0.2) is 57.2 Å². The van der Waals surface area contributed by atoms with Gasteiger partial charge in [0.1, 0.15) is 0 Å². The summed E-state index contributed by atoms with van der Waals surface area (Å²) in [5, 5.41) is -0.481. The van der Waals surface area contributed by atoms with E-state index < -0.39 is 5.37 Å². The molecule has 1 amide bonds. The minimum absolute atomic E-state index is 0.481. The molecule has 5 heteroatoms. The first-order valence-electron chi connectivity index (χ1n) is 5.65. The second-order valence-electron chi connectivity index (χ2n) is 3.99. The first-order chi connectivity index (χ1) is 9.20. The number of para-hydroxylation sites is 1. The van der Waals surface area contributed by atoms with Gasteiger partial charge in [-0.3, -0.25) is 9.69 Å². The van der Waals surface area contributed by atoms with Gasteiger partial charge >= 0.3 is 5.37 Å². The highest BCUT2D eigenvalue weighted by molar-refractivity contribution is 8.00. The molecular formula is C14H10ClNOS2. The lowest BCUT2D eigenvalue weighted by molar-refractivity contribution is 0.266. The van der Waals surface area contributed by atoms with Crippen LogP contribution >= 0.6 is 35.1 Å². The molecule has 0 spiro atoms. The summed E-state index contributed by atoms with van der Waals surface area (Å²) in [5.74, 6) is 0. The zero-order valence-corrected chi connectivity index (χ0v) is 12.5. The monoisotopic (exact) mass is 307 g/mol. The van der Waals surface area contributed by atoms with E-state index in [0.29, 0.717) is 0 Å². The summed E-state index contributed by atoms with van der Waals surface area (Å²) >= 11 is 9.11. The van der Waals surface area contributed by atoms with Crippen LogP contribution in [-0.2, 0) is 0 Å². The minimum Gasteiger partial charge on any atom is -0.265 e. The number of hydrogen-bond donors (Lipinski definition) is 0. The fraction of sp³-hybridized carbons (Fsp3) is 0.0714. The van der Waals surface area contributed by atoms with E-state index >= 15 is 0 Å². The van der Waals surface area contributed by atoms with E-state index in [9.17, 15) is 4.79 Å². The van der Waals surface area contributed by atoms with Crippen LogP contribution in [0.2, 0.25) is 0 Å². The molecular weight excluding hydrogens is 298 g/mol. The highest BCUT2D eigenvalue weighted by atomic mass is 35.5. The van der Waals surface area contributed by atoms with Gasteiger partial charge in [-0.15, -0.1) is 11.8 Å². The number of carbonyl (C=O) groups is 1. The molecule has 0 radical (unpaired) electrons. The molecule has 0 aromatic heterocycles. The molecule has 1 heterocycles. The molecule has 0 saturated heterocycles. The number of amides is 1. The molecule has 0 N–H and O–H groups in total. The Morgan fingerprint density at radius 3 is 2.63 bits per heavy atom. The predicted octanol–water partition coefficient (Wildman–Crippen LogP) is 5.37. The second kappa shape index (κ2) is 5.12. The standard InChI is InChI=1S/C14H10ClNOS2/c1-18-9-6-7-11-13(8-9)19-12-5-3-2-4-10(12)16(11)14(15)17/h2-8H,1H3. The Balaban J connectivity index is 2.19. The number of fused-ring (bicyclic) bond motifs is 2. The lowest BCUT2D eigenvalue weighted by Gasteiger charge is -2.29. The Kier molecular flexibility index (Phi) is 3.48. The Bertz CT molecular complexity index is 660. The smallest absolute Gasteiger partial charge is 0.265 e. The Hall–Kier alpha value is -1.10. The van der Waals surface area contributed by atoms with Crippen molar-refractivity contribution in [3.05, 3.63) is 42.5 Å². The van der Waals surface area contributed by atoms with Crippen LogP contribution in [0.25, 0.3) is 0 Å². The minimum atomic E-state index is -0.481. The quantitative estimate of drug-likeness (QED) is 0.401. The van der Waals surface area contributed by atoms with Crippen molar-refractivity contribution >= 4 is 51.9 Å². The van der Waals surface area contributed by atoms with Gasteiger partial charge in [-0.2, -0.15) is 0 Å². The molecule has 3 rings (SSSR count). The van der Waals surface area contributed by atoms with E-state index in [1.807, 2.05) is 42.7 Å². The zero-order valence-electron chi connectivity index (χ0n) is 10.1. The van der Waals surface area contributed by atoms with Crippen molar-refractivity contribution in [3.63, 3.8) is 0 Å². The van der Waals surface area contributed by atoms with E-state index in [1.54, 1.807) is 28.4 Å². The van der Waals surface area contributed by atoms with E-state index in [1.165, 1.54) is 4.90 Å². The summed E-state index contributed by atoms with van der Waals surface area (Å²) in [7, 11) is 0. The van der Waals surface area contributed by atoms with Crippen LogP contribution in [0.3, 0.4) is 0 Å². The van der Waals surface area contributed by atoms with Gasteiger partial charge in [0, 0.05) is 14.7 Å². The van der Waals surface area contributed by atoms with E-state index in [-0.39, 0.29) is 0 Å². The SMILES string of the molecule is CSc1ccc2c(c1)Sc1ccccc1N2C(=O)Cl. The second-order valence-corrected chi connectivity index (χ2v) is 6.28. The third-order valence-corrected chi connectivity index (χ3v) is 4.92. The van der Waals surface area contributed by atoms with Crippen molar-refractivity contribution in [2.45, 2.75) is 14.7 Å². The number of benzene rings is 2. The van der Waals surface area contributed by atoms with E-state index in [4.69, 9.17) is 11.6 Å². The number of hydrogen-bond acceptors (Lipinski definition) is 3. The van der Waals surface area contributed by atoms with Crippen LogP contribution in [0.4, 0.5) is 16.2 Å². The molecule has 96 valence electrons. The molecule has 0 fully saturated rings. The summed E-state index contributed by atoms with van der Waals surface area (Å²) in [6.07, 6.45) is 2.04. The number of thioether (sulfide) groups is 1. The number of anilines is 2. The molecule has 0 atom stereocenters. The molecule has 2 nitrogen and oxygen atoms in total. The first-order valence-corrected chi connectivity index (χ1v) is 8.07. The maximum Gasteiger partial charge on any atom is 0.325 e. The molecule has 0 bridgehead atoms. The zero-order chi connectivity index (χ0) is 13.4. The molecule has 2 aromatic carbocycles. The first kappa shape index (κ1) is 12.9. The fourth-order valence-corrected chi connectivity index (χ4v) is 3.85. The average Bonchev–Trinajstić information content (AvgIpc) is 2.43. The highest BCUT2D eigenvalue weighted by Crippen LogP contribution is 2.49. The van der Waals surface area contributed by atoms with Crippen molar-refractivity contribution in [1.82, 2.24) is 0 Å². The Morgan fingerprint density at radius 1 is 1.16 bits per heavy atom. The van der Waals surface area contributed by atoms with Gasteiger partial charge in [-0.1, -0.05) is 23.9 Å². The maximum absolute atomic E-state index is 11.8. The number of rotatable bonds is 1. The lowest BCUT2D eigenvalue weighted by atomic mass is 10.2. The van der Waals surface area contributed by atoms with Gasteiger partial charge in [-0.05, 0) is 48.2 Å². The molecule has 0 unspecified atom stereocenters. The van der Waals surface area contributed by atoms with E-state index in [0.717, 1.165) is 21.2 Å². The molecule has 1 aliphatic heterocycles. The number of nitrogens with zero attached hydrogens (tertiary/aromatic N) is 1. The molecule has 1 aliphatic rings. The van der Waals surface area contributed by atoms with Crippen LogP contribution in [-0.4, -0.2) is 11.6 Å². The van der Waals surface area contributed by atoms with Crippen LogP contribution in [0.5, 0.6) is 0 Å². The van der Waals surface area contributed by atoms with Crippen LogP contribution in [0.1, 0.15) is 0 Å². The van der Waals surface area contributed by atoms with Gasteiger partial charge < -0.3 is 0 Å². The summed E-state index contributed by atoms with van der Waals surface area (Å²) < 4.78 is 0. The summed E-state index contributed by atoms with van der Waals surface area (Å²) in [4.78, 5) is 16.6. The van der Waals surface area contributed by atoms with Crippen LogP contribution < -0.4 is 4.90 Å². The largest absolute Gasteiger partial charge is 0.325 e. The highest BCUT2D eigenvalue weighted by Gasteiger charge is 2.27. The molecule has 19 heavy (non-hydrogen) atoms. The number of halogens is 1. The maximum atomic E-state index is 11.8.